The van der Waals surface area contributed by atoms with Crippen molar-refractivity contribution < 1.29 is 9.90 Å². The summed E-state index contributed by atoms with van der Waals surface area (Å²) in [5.41, 5.74) is 1.64. The van der Waals surface area contributed by atoms with E-state index in [0.717, 1.165) is 5.57 Å². The van der Waals surface area contributed by atoms with Crippen molar-refractivity contribution in [2.75, 3.05) is 0 Å². The van der Waals surface area contributed by atoms with Crippen LogP contribution < -0.4 is 0 Å². The maximum atomic E-state index is 10.2. The average molecular weight is 166 g/mol. The number of allylic oxidation sites excluding steroid dienone is 4. The number of hydrogen-bond donors (Lipinski definition) is 1. The molecule has 0 aromatic rings. The fraction of sp³-hybridized carbons (Fsp3) is 0.300. The van der Waals surface area contributed by atoms with Crippen molar-refractivity contribution in [3.8, 4) is 0 Å². The maximum Gasteiger partial charge on any atom is 0.307 e. The monoisotopic (exact) mass is 166 g/mol. The first kappa shape index (κ1) is 10.7. The van der Waals surface area contributed by atoms with E-state index in [9.17, 15) is 4.79 Å². The molecule has 2 nitrogen and oxygen atoms in total. The van der Waals surface area contributed by atoms with E-state index in [4.69, 9.17) is 5.11 Å². The predicted octanol–water partition coefficient (Wildman–Crippen LogP) is 2.54. The molecule has 0 atom stereocenters. The number of aliphatic carboxylic acids is 1. The van der Waals surface area contributed by atoms with E-state index in [1.807, 2.05) is 26.0 Å². The molecule has 12 heavy (non-hydrogen) atoms. The average Bonchev–Trinajstić information content (AvgIpc) is 1.84. The van der Waals surface area contributed by atoms with E-state index >= 15 is 0 Å². The van der Waals surface area contributed by atoms with E-state index in [0.29, 0.717) is 5.57 Å². The Morgan fingerprint density at radius 1 is 1.58 bits per heavy atom. The van der Waals surface area contributed by atoms with Crippen LogP contribution in [0.1, 0.15) is 20.3 Å². The third-order valence-corrected chi connectivity index (χ3v) is 1.24. The molecule has 66 valence electrons. The van der Waals surface area contributed by atoms with Crippen molar-refractivity contribution in [1.29, 1.82) is 0 Å². The number of carbonyl (C=O) groups is 1. The minimum absolute atomic E-state index is 0.00882. The standard InChI is InChI=1S/C10H14O2/c1-4-5-8(2)6-9(3)7-10(11)12/h4-6H,3,7H2,1-2H3,(H,11,12). The highest BCUT2D eigenvalue weighted by Gasteiger charge is 1.97. The van der Waals surface area contributed by atoms with Crippen LogP contribution in [0, 0.1) is 0 Å². The summed E-state index contributed by atoms with van der Waals surface area (Å²) in [5, 5.41) is 8.42. The fourth-order valence-corrected chi connectivity index (χ4v) is 0.878. The van der Waals surface area contributed by atoms with E-state index < -0.39 is 5.97 Å². The SMILES string of the molecule is C=C(C=C(C)C=CC)CC(=O)O. The van der Waals surface area contributed by atoms with Gasteiger partial charge in [0.2, 0.25) is 0 Å². The molecular weight excluding hydrogens is 152 g/mol. The summed E-state index contributed by atoms with van der Waals surface area (Å²) < 4.78 is 0. The molecule has 0 saturated heterocycles. The summed E-state index contributed by atoms with van der Waals surface area (Å²) in [6.45, 7) is 7.45. The van der Waals surface area contributed by atoms with Gasteiger partial charge in [-0.1, -0.05) is 30.4 Å². The second kappa shape index (κ2) is 5.35. The van der Waals surface area contributed by atoms with Crippen LogP contribution in [0.15, 0.2) is 36.0 Å². The summed E-state index contributed by atoms with van der Waals surface area (Å²) in [6.07, 6.45) is 5.59. The fourth-order valence-electron chi connectivity index (χ4n) is 0.878. The van der Waals surface area contributed by atoms with Gasteiger partial charge in [-0.3, -0.25) is 4.79 Å². The Morgan fingerprint density at radius 3 is 2.58 bits per heavy atom. The Kier molecular flexibility index (Phi) is 4.77. The highest BCUT2D eigenvalue weighted by Crippen LogP contribution is 2.05. The van der Waals surface area contributed by atoms with Gasteiger partial charge in [-0.05, 0) is 19.4 Å². The van der Waals surface area contributed by atoms with Gasteiger partial charge >= 0.3 is 5.97 Å². The molecule has 0 rings (SSSR count). The lowest BCUT2D eigenvalue weighted by atomic mass is 10.1. The summed E-state index contributed by atoms with van der Waals surface area (Å²) in [6, 6.07) is 0. The molecule has 0 fully saturated rings. The van der Waals surface area contributed by atoms with Crippen LogP contribution in [0.25, 0.3) is 0 Å². The zero-order valence-electron chi connectivity index (χ0n) is 7.50. The van der Waals surface area contributed by atoms with Gasteiger partial charge in [-0.15, -0.1) is 0 Å². The third kappa shape index (κ3) is 5.47. The molecule has 1 N–H and O–H groups in total. The topological polar surface area (TPSA) is 37.3 Å². The smallest absolute Gasteiger partial charge is 0.307 e. The van der Waals surface area contributed by atoms with Gasteiger partial charge in [0.05, 0.1) is 6.42 Å². The molecule has 2 heteroatoms. The molecule has 0 heterocycles. The molecule has 0 aliphatic carbocycles. The van der Waals surface area contributed by atoms with Gasteiger partial charge < -0.3 is 5.11 Å². The van der Waals surface area contributed by atoms with E-state index in [2.05, 4.69) is 6.58 Å². The molecule has 0 bridgehead atoms. The quantitative estimate of drug-likeness (QED) is 0.651. The Labute approximate surface area is 72.9 Å². The summed E-state index contributed by atoms with van der Waals surface area (Å²) >= 11 is 0. The summed E-state index contributed by atoms with van der Waals surface area (Å²) in [5.74, 6) is -0.843. The normalized spacial score (nSPS) is 12.0. The maximum absolute atomic E-state index is 10.2. The van der Waals surface area contributed by atoms with Crippen LogP contribution in [0.2, 0.25) is 0 Å². The Hall–Kier alpha value is -1.31. The molecule has 0 saturated carbocycles. The minimum Gasteiger partial charge on any atom is -0.481 e. The first-order valence-corrected chi connectivity index (χ1v) is 3.77. The summed E-state index contributed by atoms with van der Waals surface area (Å²) in [7, 11) is 0. The zero-order valence-corrected chi connectivity index (χ0v) is 7.50. The molecule has 0 aromatic carbocycles. The van der Waals surface area contributed by atoms with Crippen molar-refractivity contribution >= 4 is 5.97 Å². The number of rotatable bonds is 4. The van der Waals surface area contributed by atoms with Crippen molar-refractivity contribution in [2.24, 2.45) is 0 Å². The molecule has 0 unspecified atom stereocenters. The van der Waals surface area contributed by atoms with Crippen LogP contribution in [-0.2, 0) is 4.79 Å². The number of carboxylic acid groups (broad SMARTS) is 1. The van der Waals surface area contributed by atoms with Gasteiger partial charge in [0, 0.05) is 0 Å². The highest BCUT2D eigenvalue weighted by molar-refractivity contribution is 5.70. The van der Waals surface area contributed by atoms with E-state index in [1.54, 1.807) is 6.08 Å². The molecule has 0 radical (unpaired) electrons. The van der Waals surface area contributed by atoms with Crippen molar-refractivity contribution in [3.05, 3.63) is 36.0 Å². The van der Waals surface area contributed by atoms with Crippen molar-refractivity contribution in [2.45, 2.75) is 20.3 Å². The van der Waals surface area contributed by atoms with Crippen LogP contribution in [0.3, 0.4) is 0 Å². The molecular formula is C10H14O2. The van der Waals surface area contributed by atoms with Crippen molar-refractivity contribution in [3.63, 3.8) is 0 Å². The Morgan fingerprint density at radius 2 is 2.17 bits per heavy atom. The second-order valence-electron chi connectivity index (χ2n) is 2.62. The van der Waals surface area contributed by atoms with Crippen LogP contribution >= 0.6 is 0 Å². The number of carboxylic acids is 1. The lowest BCUT2D eigenvalue weighted by Gasteiger charge is -1.95. The third-order valence-electron chi connectivity index (χ3n) is 1.24. The molecule has 0 aliphatic heterocycles. The molecule has 0 amide bonds. The highest BCUT2D eigenvalue weighted by atomic mass is 16.4. The summed E-state index contributed by atoms with van der Waals surface area (Å²) in [4.78, 5) is 10.2. The lowest BCUT2D eigenvalue weighted by Crippen LogP contribution is -1.94. The Bertz CT molecular complexity index is 234. The largest absolute Gasteiger partial charge is 0.481 e. The van der Waals surface area contributed by atoms with Gasteiger partial charge in [0.1, 0.15) is 0 Å². The van der Waals surface area contributed by atoms with Crippen LogP contribution in [0.4, 0.5) is 0 Å². The van der Waals surface area contributed by atoms with Gasteiger partial charge in [-0.25, -0.2) is 0 Å². The van der Waals surface area contributed by atoms with Crippen LogP contribution in [0.5, 0.6) is 0 Å². The van der Waals surface area contributed by atoms with Gasteiger partial charge in [-0.2, -0.15) is 0 Å². The lowest BCUT2D eigenvalue weighted by molar-refractivity contribution is -0.136. The van der Waals surface area contributed by atoms with E-state index in [1.165, 1.54) is 0 Å². The van der Waals surface area contributed by atoms with Crippen LogP contribution in [-0.4, -0.2) is 11.1 Å². The second-order valence-corrected chi connectivity index (χ2v) is 2.62. The van der Waals surface area contributed by atoms with Crippen molar-refractivity contribution in [1.82, 2.24) is 0 Å². The molecule has 0 spiro atoms. The zero-order chi connectivity index (χ0) is 9.56. The minimum atomic E-state index is -0.843. The first-order chi connectivity index (χ1) is 5.56. The predicted molar refractivity (Wildman–Crippen MR) is 50.0 cm³/mol. The Balaban J connectivity index is 4.14. The van der Waals surface area contributed by atoms with E-state index in [-0.39, 0.29) is 6.42 Å². The first-order valence-electron chi connectivity index (χ1n) is 3.77. The molecule has 0 aromatic heterocycles. The number of hydrogen-bond acceptors (Lipinski definition) is 1. The van der Waals surface area contributed by atoms with Gasteiger partial charge in [0.25, 0.3) is 0 Å². The van der Waals surface area contributed by atoms with Gasteiger partial charge in [0.15, 0.2) is 0 Å². The molecule has 0 aliphatic rings.